The molecule has 0 aromatic rings. The van der Waals surface area contributed by atoms with E-state index in [4.69, 9.17) is 9.47 Å². The molecule has 1 unspecified atom stereocenters. The summed E-state index contributed by atoms with van der Waals surface area (Å²) >= 11 is 0. The van der Waals surface area contributed by atoms with Crippen molar-refractivity contribution in [1.82, 2.24) is 0 Å². The number of esters is 1. The van der Waals surface area contributed by atoms with Crippen LogP contribution < -0.4 is 0 Å². The van der Waals surface area contributed by atoms with Gasteiger partial charge >= 0.3 is 5.97 Å². The Morgan fingerprint density at radius 1 is 1.33 bits per heavy atom. The smallest absolute Gasteiger partial charge is 0.311 e. The van der Waals surface area contributed by atoms with E-state index in [0.717, 1.165) is 0 Å². The van der Waals surface area contributed by atoms with Crippen LogP contribution in [0.3, 0.4) is 0 Å². The number of aliphatic hydroxyl groups is 1. The minimum Gasteiger partial charge on any atom is -0.456 e. The van der Waals surface area contributed by atoms with Gasteiger partial charge in [0.2, 0.25) is 0 Å². The van der Waals surface area contributed by atoms with E-state index in [1.54, 1.807) is 6.92 Å². The van der Waals surface area contributed by atoms with Crippen molar-refractivity contribution in [3.63, 3.8) is 0 Å². The maximum atomic E-state index is 11.1. The summed E-state index contributed by atoms with van der Waals surface area (Å²) in [5, 5.41) is 9.31. The molecule has 1 N–H and O–H groups in total. The highest BCUT2D eigenvalue weighted by molar-refractivity contribution is 5.74. The van der Waals surface area contributed by atoms with Gasteiger partial charge in [0.25, 0.3) is 0 Å². The summed E-state index contributed by atoms with van der Waals surface area (Å²) in [7, 11) is 0. The minimum atomic E-state index is -0.932. The summed E-state index contributed by atoms with van der Waals surface area (Å²) < 4.78 is 10.2. The molecule has 0 aromatic heterocycles. The standard InChI is InChI=1S/C8H12O4/c1-3-5-4(2)7(9)12-6(3)8(10)11-5/h3-6,8,10H,1-2H3/t3-,4+,5-,6-,8?/m0/s1. The first kappa shape index (κ1) is 8.01. The first-order chi connectivity index (χ1) is 5.61. The number of carbonyl (C=O) groups is 1. The molecule has 2 saturated heterocycles. The van der Waals surface area contributed by atoms with Crippen LogP contribution in [0, 0.1) is 11.8 Å². The van der Waals surface area contributed by atoms with Crippen LogP contribution in [0.5, 0.6) is 0 Å². The molecule has 0 spiro atoms. The van der Waals surface area contributed by atoms with Crippen molar-refractivity contribution in [2.75, 3.05) is 0 Å². The molecule has 4 nitrogen and oxygen atoms in total. The van der Waals surface area contributed by atoms with E-state index in [1.165, 1.54) is 0 Å². The highest BCUT2D eigenvalue weighted by Gasteiger charge is 2.52. The van der Waals surface area contributed by atoms with Gasteiger partial charge in [-0.25, -0.2) is 0 Å². The molecular formula is C8H12O4. The lowest BCUT2D eigenvalue weighted by Crippen LogP contribution is -2.41. The normalized spacial score (nSPS) is 52.2. The summed E-state index contributed by atoms with van der Waals surface area (Å²) in [6, 6.07) is 0. The predicted molar refractivity (Wildman–Crippen MR) is 39.1 cm³/mol. The van der Waals surface area contributed by atoms with Gasteiger partial charge in [0.1, 0.15) is 0 Å². The molecule has 0 saturated carbocycles. The predicted octanol–water partition coefficient (Wildman–Crippen LogP) is -0.0988. The van der Waals surface area contributed by atoms with Gasteiger partial charge in [-0.1, -0.05) is 6.92 Å². The van der Waals surface area contributed by atoms with Crippen molar-refractivity contribution >= 4 is 5.97 Å². The zero-order valence-electron chi connectivity index (χ0n) is 7.06. The Hall–Kier alpha value is -0.610. The first-order valence-corrected chi connectivity index (χ1v) is 4.15. The summed E-state index contributed by atoms with van der Waals surface area (Å²) in [6.45, 7) is 3.69. The van der Waals surface area contributed by atoms with E-state index in [1.807, 2.05) is 6.92 Å². The topological polar surface area (TPSA) is 55.8 Å². The van der Waals surface area contributed by atoms with Crippen LogP contribution in [0.1, 0.15) is 13.8 Å². The van der Waals surface area contributed by atoms with Gasteiger partial charge in [0.05, 0.1) is 12.0 Å². The van der Waals surface area contributed by atoms with E-state index in [2.05, 4.69) is 0 Å². The molecule has 0 aromatic carbocycles. The van der Waals surface area contributed by atoms with Gasteiger partial charge in [0, 0.05) is 5.92 Å². The number of ether oxygens (including phenoxy) is 2. The average Bonchev–Trinajstić information content (AvgIpc) is 2.23. The summed E-state index contributed by atoms with van der Waals surface area (Å²) in [5.41, 5.74) is 0. The van der Waals surface area contributed by atoms with Crippen LogP contribution in [0.25, 0.3) is 0 Å². The second-order valence-electron chi connectivity index (χ2n) is 3.54. The van der Waals surface area contributed by atoms with Crippen LogP contribution in [0.2, 0.25) is 0 Å². The van der Waals surface area contributed by atoms with Crippen LogP contribution in [-0.4, -0.2) is 29.6 Å². The van der Waals surface area contributed by atoms with Crippen molar-refractivity contribution in [2.45, 2.75) is 32.3 Å². The summed E-state index contributed by atoms with van der Waals surface area (Å²) in [6.07, 6.45) is -1.57. The quantitative estimate of drug-likeness (QED) is 0.518. The van der Waals surface area contributed by atoms with Crippen molar-refractivity contribution < 1.29 is 19.4 Å². The molecule has 0 radical (unpaired) electrons. The van der Waals surface area contributed by atoms with Crippen molar-refractivity contribution in [3.05, 3.63) is 0 Å². The van der Waals surface area contributed by atoms with Gasteiger partial charge < -0.3 is 14.6 Å². The molecule has 5 atom stereocenters. The van der Waals surface area contributed by atoms with Crippen LogP contribution in [0.4, 0.5) is 0 Å². The highest BCUT2D eigenvalue weighted by Crippen LogP contribution is 2.37. The SMILES string of the molecule is C[C@H]1[C@@H]2OC(O)[C@H]1OC(=O)[C@@H]2C. The second-order valence-corrected chi connectivity index (χ2v) is 3.54. The highest BCUT2D eigenvalue weighted by atomic mass is 16.7. The van der Waals surface area contributed by atoms with Crippen LogP contribution in [-0.2, 0) is 14.3 Å². The van der Waals surface area contributed by atoms with E-state index in [0.29, 0.717) is 0 Å². The molecule has 2 aliphatic heterocycles. The number of hydrogen-bond acceptors (Lipinski definition) is 4. The molecule has 0 aliphatic carbocycles. The molecule has 4 heteroatoms. The number of carbonyl (C=O) groups excluding carboxylic acids is 1. The van der Waals surface area contributed by atoms with E-state index in [9.17, 15) is 9.90 Å². The third-order valence-electron chi connectivity index (χ3n) is 2.73. The molecule has 2 heterocycles. The summed E-state index contributed by atoms with van der Waals surface area (Å²) in [4.78, 5) is 11.1. The van der Waals surface area contributed by atoms with E-state index in [-0.39, 0.29) is 23.9 Å². The minimum absolute atomic E-state index is 0.104. The lowest BCUT2D eigenvalue weighted by atomic mass is 9.89. The zero-order chi connectivity index (χ0) is 8.88. The Bertz CT molecular complexity index is 215. The average molecular weight is 172 g/mol. The molecule has 12 heavy (non-hydrogen) atoms. The van der Waals surface area contributed by atoms with Gasteiger partial charge in [-0.3, -0.25) is 4.79 Å². The number of hydrogen-bond donors (Lipinski definition) is 1. The lowest BCUT2D eigenvalue weighted by Gasteiger charge is -2.28. The van der Waals surface area contributed by atoms with E-state index < -0.39 is 12.4 Å². The molecule has 2 fully saturated rings. The molecule has 2 rings (SSSR count). The third kappa shape index (κ3) is 0.881. The number of fused-ring (bicyclic) bond motifs is 2. The zero-order valence-corrected chi connectivity index (χ0v) is 7.06. The van der Waals surface area contributed by atoms with Gasteiger partial charge in [-0.05, 0) is 6.92 Å². The Kier molecular flexibility index (Phi) is 1.63. The van der Waals surface area contributed by atoms with Gasteiger partial charge in [-0.15, -0.1) is 0 Å². The van der Waals surface area contributed by atoms with Crippen LogP contribution >= 0.6 is 0 Å². The molecule has 2 aliphatic rings. The first-order valence-electron chi connectivity index (χ1n) is 4.15. The Labute approximate surface area is 70.5 Å². The van der Waals surface area contributed by atoms with Crippen LogP contribution in [0.15, 0.2) is 0 Å². The Morgan fingerprint density at radius 2 is 2.00 bits per heavy atom. The molecule has 68 valence electrons. The lowest BCUT2D eigenvalue weighted by molar-refractivity contribution is -0.166. The van der Waals surface area contributed by atoms with Gasteiger partial charge in [0.15, 0.2) is 12.4 Å². The molecular weight excluding hydrogens is 160 g/mol. The third-order valence-corrected chi connectivity index (χ3v) is 2.73. The summed E-state index contributed by atoms with van der Waals surface area (Å²) in [5.74, 6) is -0.416. The Balaban J connectivity index is 2.25. The maximum absolute atomic E-state index is 11.1. The van der Waals surface area contributed by atoms with Crippen molar-refractivity contribution in [2.24, 2.45) is 11.8 Å². The fourth-order valence-corrected chi connectivity index (χ4v) is 1.92. The fraction of sp³-hybridized carbons (Fsp3) is 0.875. The second kappa shape index (κ2) is 2.44. The largest absolute Gasteiger partial charge is 0.456 e. The maximum Gasteiger partial charge on any atom is 0.311 e. The fourth-order valence-electron chi connectivity index (χ4n) is 1.92. The van der Waals surface area contributed by atoms with Crippen molar-refractivity contribution in [3.8, 4) is 0 Å². The van der Waals surface area contributed by atoms with Gasteiger partial charge in [-0.2, -0.15) is 0 Å². The monoisotopic (exact) mass is 172 g/mol. The molecule has 2 bridgehead atoms. The molecule has 0 amide bonds. The Morgan fingerprint density at radius 3 is 2.67 bits per heavy atom. The van der Waals surface area contributed by atoms with Crippen molar-refractivity contribution in [1.29, 1.82) is 0 Å². The number of rotatable bonds is 0. The number of aliphatic hydroxyl groups excluding tert-OH is 1. The van der Waals surface area contributed by atoms with E-state index >= 15 is 0 Å².